The highest BCUT2D eigenvalue weighted by Gasteiger charge is 2.22. The Morgan fingerprint density at radius 2 is 1.83 bits per heavy atom. The summed E-state index contributed by atoms with van der Waals surface area (Å²) < 4.78 is 10.6. The molecule has 0 fully saturated rings. The van der Waals surface area contributed by atoms with Crippen LogP contribution < -0.4 is 9.47 Å². The molecule has 0 aliphatic carbocycles. The molecule has 1 atom stereocenters. The summed E-state index contributed by atoms with van der Waals surface area (Å²) in [6.45, 7) is 3.32. The third-order valence-electron chi connectivity index (χ3n) is 3.36. The first-order valence-electron chi connectivity index (χ1n) is 7.02. The molecule has 0 amide bonds. The van der Waals surface area contributed by atoms with Crippen LogP contribution in [0.3, 0.4) is 0 Å². The quantitative estimate of drug-likeness (QED) is 0.462. The molecule has 0 aliphatic heterocycles. The number of Topliss-reactive ketones (excluding diaryl/α,β-unsaturated/α-hetero) is 1. The Hall–Kier alpha value is -2.89. The second kappa shape index (κ2) is 6.91. The molecule has 0 aromatic heterocycles. The summed E-state index contributed by atoms with van der Waals surface area (Å²) in [7, 11) is 1.54. The van der Waals surface area contributed by atoms with Crippen molar-refractivity contribution >= 4 is 11.5 Å². The van der Waals surface area contributed by atoms with Crippen molar-refractivity contribution in [1.29, 1.82) is 0 Å². The number of nitrogens with zero attached hydrogens (tertiary/aromatic N) is 1. The van der Waals surface area contributed by atoms with E-state index >= 15 is 0 Å². The molecule has 2 aromatic carbocycles. The van der Waals surface area contributed by atoms with Gasteiger partial charge in [-0.15, -0.1) is 0 Å². The summed E-state index contributed by atoms with van der Waals surface area (Å²) in [5.41, 5.74) is 1.05. The minimum Gasteiger partial charge on any atom is -0.497 e. The van der Waals surface area contributed by atoms with Crippen LogP contribution in [-0.4, -0.2) is 23.9 Å². The lowest BCUT2D eigenvalue weighted by atomic mass is 10.1. The van der Waals surface area contributed by atoms with Gasteiger partial charge in [0.05, 0.1) is 12.0 Å². The Morgan fingerprint density at radius 3 is 2.39 bits per heavy atom. The van der Waals surface area contributed by atoms with Crippen molar-refractivity contribution in [1.82, 2.24) is 0 Å². The summed E-state index contributed by atoms with van der Waals surface area (Å²) in [6.07, 6.45) is -0.843. The molecule has 0 radical (unpaired) electrons. The monoisotopic (exact) mass is 315 g/mol. The molecule has 0 heterocycles. The first-order valence-corrected chi connectivity index (χ1v) is 7.02. The van der Waals surface area contributed by atoms with Crippen molar-refractivity contribution in [3.8, 4) is 11.5 Å². The van der Waals surface area contributed by atoms with Gasteiger partial charge in [0.1, 0.15) is 5.75 Å². The van der Waals surface area contributed by atoms with Gasteiger partial charge in [-0.05, 0) is 49.7 Å². The lowest BCUT2D eigenvalue weighted by molar-refractivity contribution is -0.386. The average molecular weight is 315 g/mol. The van der Waals surface area contributed by atoms with E-state index in [-0.39, 0.29) is 17.2 Å². The fraction of sp³-hybridized carbons (Fsp3) is 0.235. The van der Waals surface area contributed by atoms with E-state index in [0.717, 1.165) is 5.56 Å². The van der Waals surface area contributed by atoms with Crippen molar-refractivity contribution in [3.05, 3.63) is 63.7 Å². The number of benzene rings is 2. The van der Waals surface area contributed by atoms with Crippen LogP contribution in [0.1, 0.15) is 22.8 Å². The Morgan fingerprint density at radius 1 is 1.17 bits per heavy atom. The Labute approximate surface area is 133 Å². The van der Waals surface area contributed by atoms with E-state index in [2.05, 4.69) is 0 Å². The second-order valence-corrected chi connectivity index (χ2v) is 5.08. The van der Waals surface area contributed by atoms with E-state index in [1.54, 1.807) is 51.3 Å². The van der Waals surface area contributed by atoms with Crippen LogP contribution in [0.2, 0.25) is 0 Å². The van der Waals surface area contributed by atoms with Gasteiger partial charge in [0.25, 0.3) is 0 Å². The number of nitro benzene ring substituents is 1. The molecule has 2 rings (SSSR count). The zero-order valence-electron chi connectivity index (χ0n) is 13.1. The molecule has 6 nitrogen and oxygen atoms in total. The van der Waals surface area contributed by atoms with E-state index in [4.69, 9.17) is 9.47 Å². The van der Waals surface area contributed by atoms with Crippen LogP contribution in [0, 0.1) is 17.0 Å². The van der Waals surface area contributed by atoms with Crippen LogP contribution in [0.25, 0.3) is 0 Å². The standard InChI is InChI=1S/C17H17NO5/c1-11-4-9-16(15(10-11)18(20)21)23-12(2)17(19)13-5-7-14(22-3)8-6-13/h4-10,12H,1-3H3/t12-/m0/s1. The van der Waals surface area contributed by atoms with Gasteiger partial charge in [-0.2, -0.15) is 0 Å². The maximum absolute atomic E-state index is 12.4. The van der Waals surface area contributed by atoms with E-state index in [0.29, 0.717) is 11.3 Å². The Kier molecular flexibility index (Phi) is 4.95. The molecule has 6 heteroatoms. The number of carbonyl (C=O) groups excluding carboxylic acids is 1. The number of carbonyl (C=O) groups is 1. The molecule has 0 bridgehead atoms. The summed E-state index contributed by atoms with van der Waals surface area (Å²) in [5.74, 6) is 0.460. The summed E-state index contributed by atoms with van der Waals surface area (Å²) in [4.78, 5) is 22.9. The number of methoxy groups -OCH3 is 1. The number of aryl methyl sites for hydroxylation is 1. The van der Waals surface area contributed by atoms with Gasteiger partial charge in [-0.3, -0.25) is 14.9 Å². The van der Waals surface area contributed by atoms with Crippen molar-refractivity contribution in [2.75, 3.05) is 7.11 Å². The summed E-state index contributed by atoms with van der Waals surface area (Å²) in [6, 6.07) is 11.2. The Balaban J connectivity index is 2.19. The van der Waals surface area contributed by atoms with E-state index in [1.807, 2.05) is 0 Å². The lowest BCUT2D eigenvalue weighted by Crippen LogP contribution is -2.24. The zero-order valence-corrected chi connectivity index (χ0v) is 13.1. The minimum absolute atomic E-state index is 0.0787. The van der Waals surface area contributed by atoms with Gasteiger partial charge in [-0.1, -0.05) is 6.07 Å². The van der Waals surface area contributed by atoms with Crippen LogP contribution >= 0.6 is 0 Å². The summed E-state index contributed by atoms with van der Waals surface area (Å²) in [5, 5.41) is 11.1. The molecule has 2 aromatic rings. The molecule has 0 aliphatic rings. The van der Waals surface area contributed by atoms with Gasteiger partial charge in [-0.25, -0.2) is 0 Å². The summed E-state index contributed by atoms with van der Waals surface area (Å²) >= 11 is 0. The zero-order chi connectivity index (χ0) is 17.0. The number of hydrogen-bond donors (Lipinski definition) is 0. The number of rotatable bonds is 6. The average Bonchev–Trinajstić information content (AvgIpc) is 2.55. The van der Waals surface area contributed by atoms with Gasteiger partial charge in [0.2, 0.25) is 5.78 Å². The molecule has 0 saturated carbocycles. The second-order valence-electron chi connectivity index (χ2n) is 5.08. The topological polar surface area (TPSA) is 78.7 Å². The molecule has 120 valence electrons. The van der Waals surface area contributed by atoms with Crippen molar-refractivity contribution in [3.63, 3.8) is 0 Å². The maximum Gasteiger partial charge on any atom is 0.311 e. The molecular weight excluding hydrogens is 298 g/mol. The third-order valence-corrected chi connectivity index (χ3v) is 3.36. The van der Waals surface area contributed by atoms with Gasteiger partial charge < -0.3 is 9.47 Å². The molecule has 23 heavy (non-hydrogen) atoms. The number of ether oxygens (including phenoxy) is 2. The van der Waals surface area contributed by atoms with Gasteiger partial charge in [0.15, 0.2) is 11.9 Å². The van der Waals surface area contributed by atoms with E-state index in [1.165, 1.54) is 12.1 Å². The Bertz CT molecular complexity index is 724. The smallest absolute Gasteiger partial charge is 0.311 e. The highest BCUT2D eigenvalue weighted by Crippen LogP contribution is 2.29. The van der Waals surface area contributed by atoms with E-state index < -0.39 is 11.0 Å². The fourth-order valence-corrected chi connectivity index (χ4v) is 2.10. The molecule has 0 spiro atoms. The number of ketones is 1. The highest BCUT2D eigenvalue weighted by molar-refractivity contribution is 5.99. The molecule has 0 unspecified atom stereocenters. The predicted octanol–water partition coefficient (Wildman–Crippen LogP) is 3.56. The van der Waals surface area contributed by atoms with Gasteiger partial charge >= 0.3 is 5.69 Å². The predicted molar refractivity (Wildman–Crippen MR) is 85.2 cm³/mol. The van der Waals surface area contributed by atoms with Crippen molar-refractivity contribution < 1.29 is 19.2 Å². The van der Waals surface area contributed by atoms with Crippen LogP contribution in [0.5, 0.6) is 11.5 Å². The first kappa shape index (κ1) is 16.5. The largest absolute Gasteiger partial charge is 0.497 e. The number of nitro groups is 1. The van der Waals surface area contributed by atoms with E-state index in [9.17, 15) is 14.9 Å². The molecule has 0 saturated heterocycles. The molecule has 0 N–H and O–H groups in total. The van der Waals surface area contributed by atoms with Gasteiger partial charge in [0, 0.05) is 11.6 Å². The third kappa shape index (κ3) is 3.85. The highest BCUT2D eigenvalue weighted by atomic mass is 16.6. The minimum atomic E-state index is -0.843. The van der Waals surface area contributed by atoms with Crippen molar-refractivity contribution in [2.45, 2.75) is 20.0 Å². The fourth-order valence-electron chi connectivity index (χ4n) is 2.10. The SMILES string of the molecule is COc1ccc(C(=O)[C@H](C)Oc2ccc(C)cc2[N+](=O)[O-])cc1. The van der Waals surface area contributed by atoms with Crippen LogP contribution in [-0.2, 0) is 0 Å². The number of hydrogen-bond acceptors (Lipinski definition) is 5. The van der Waals surface area contributed by atoms with Crippen LogP contribution in [0.4, 0.5) is 5.69 Å². The maximum atomic E-state index is 12.4. The first-order chi connectivity index (χ1) is 10.9. The van der Waals surface area contributed by atoms with Crippen LogP contribution in [0.15, 0.2) is 42.5 Å². The van der Waals surface area contributed by atoms with Crippen molar-refractivity contribution in [2.24, 2.45) is 0 Å². The molecular formula is C17H17NO5. The lowest BCUT2D eigenvalue weighted by Gasteiger charge is -2.14. The normalized spacial score (nSPS) is 11.6.